The highest BCUT2D eigenvalue weighted by molar-refractivity contribution is 9.10. The third kappa shape index (κ3) is 3.27. The first kappa shape index (κ1) is 14.3. The van der Waals surface area contributed by atoms with E-state index in [1.165, 1.54) is 12.8 Å². The van der Waals surface area contributed by atoms with Gasteiger partial charge in [-0.05, 0) is 52.7 Å². The van der Waals surface area contributed by atoms with Crippen LogP contribution in [0.15, 0.2) is 16.6 Å². The molecule has 1 N–H and O–H groups in total. The third-order valence-corrected chi connectivity index (χ3v) is 4.54. The number of nitriles is 1. The van der Waals surface area contributed by atoms with E-state index >= 15 is 0 Å². The normalized spacial score (nSPS) is 21.7. The van der Waals surface area contributed by atoms with Crippen LogP contribution in [0.25, 0.3) is 0 Å². The zero-order valence-corrected chi connectivity index (χ0v) is 12.8. The molecule has 0 aromatic heterocycles. The van der Waals surface area contributed by atoms with E-state index in [-0.39, 0.29) is 10.3 Å². The minimum Gasteiger partial charge on any atom is -0.380 e. The standard InChI is InChI=1S/C15H18BrFN2/c1-15(2)7-3-4-11(8-15)19-12-6-5-10(9-18)13(16)14(12)17/h5-6,11,19H,3-4,7-8H2,1-2H3. The van der Waals surface area contributed by atoms with E-state index in [1.54, 1.807) is 12.1 Å². The molecule has 0 heterocycles. The van der Waals surface area contributed by atoms with Crippen molar-refractivity contribution in [2.45, 2.75) is 45.6 Å². The number of nitrogens with zero attached hydrogens (tertiary/aromatic N) is 1. The van der Waals surface area contributed by atoms with Gasteiger partial charge in [-0.3, -0.25) is 0 Å². The molecular formula is C15H18BrFN2. The van der Waals surface area contributed by atoms with Gasteiger partial charge in [-0.15, -0.1) is 0 Å². The number of nitrogens with one attached hydrogen (secondary N) is 1. The lowest BCUT2D eigenvalue weighted by atomic mass is 9.75. The van der Waals surface area contributed by atoms with E-state index < -0.39 is 0 Å². The quantitative estimate of drug-likeness (QED) is 0.844. The van der Waals surface area contributed by atoms with Crippen molar-refractivity contribution in [1.29, 1.82) is 5.26 Å². The van der Waals surface area contributed by atoms with Crippen LogP contribution in [0.2, 0.25) is 0 Å². The first-order valence-corrected chi connectivity index (χ1v) is 7.37. The van der Waals surface area contributed by atoms with Gasteiger partial charge in [0, 0.05) is 6.04 Å². The lowest BCUT2D eigenvalue weighted by molar-refractivity contribution is 0.229. The molecule has 1 aromatic rings. The second-order valence-electron chi connectivity index (χ2n) is 6.00. The molecule has 2 rings (SSSR count). The van der Waals surface area contributed by atoms with Crippen LogP contribution in [-0.4, -0.2) is 6.04 Å². The molecule has 0 amide bonds. The predicted octanol–water partition coefficient (Wildman–Crippen LogP) is 4.84. The van der Waals surface area contributed by atoms with E-state index in [2.05, 4.69) is 35.1 Å². The van der Waals surface area contributed by atoms with Gasteiger partial charge in [0.15, 0.2) is 5.82 Å². The molecule has 1 unspecified atom stereocenters. The van der Waals surface area contributed by atoms with Gasteiger partial charge in [-0.25, -0.2) is 4.39 Å². The van der Waals surface area contributed by atoms with Crippen molar-refractivity contribution >= 4 is 21.6 Å². The first-order valence-electron chi connectivity index (χ1n) is 6.57. The van der Waals surface area contributed by atoms with Crippen LogP contribution >= 0.6 is 15.9 Å². The number of halogens is 2. The van der Waals surface area contributed by atoms with E-state index in [1.807, 2.05) is 6.07 Å². The van der Waals surface area contributed by atoms with Gasteiger partial charge in [0.05, 0.1) is 15.7 Å². The maximum Gasteiger partial charge on any atom is 0.161 e. The number of hydrogen-bond donors (Lipinski definition) is 1. The highest BCUT2D eigenvalue weighted by Crippen LogP contribution is 2.37. The summed E-state index contributed by atoms with van der Waals surface area (Å²) in [5.41, 5.74) is 1.12. The van der Waals surface area contributed by atoms with Crippen LogP contribution in [0, 0.1) is 22.6 Å². The Bertz CT molecular complexity index is 520. The van der Waals surface area contributed by atoms with Crippen LogP contribution in [-0.2, 0) is 0 Å². The predicted molar refractivity (Wildman–Crippen MR) is 78.5 cm³/mol. The van der Waals surface area contributed by atoms with E-state index in [9.17, 15) is 4.39 Å². The SMILES string of the molecule is CC1(C)CCCC(Nc2ccc(C#N)c(Br)c2F)C1. The molecule has 1 saturated carbocycles. The maximum atomic E-state index is 14.1. The Morgan fingerprint density at radius 1 is 1.47 bits per heavy atom. The fourth-order valence-corrected chi connectivity index (χ4v) is 3.22. The Labute approximate surface area is 122 Å². The van der Waals surface area contributed by atoms with Gasteiger partial charge >= 0.3 is 0 Å². The number of hydrogen-bond acceptors (Lipinski definition) is 2. The molecule has 0 saturated heterocycles. The summed E-state index contributed by atoms with van der Waals surface area (Å²) in [5, 5.41) is 12.1. The average Bonchev–Trinajstić information content (AvgIpc) is 2.34. The molecule has 1 aromatic carbocycles. The monoisotopic (exact) mass is 324 g/mol. The summed E-state index contributed by atoms with van der Waals surface area (Å²) in [5.74, 6) is -0.373. The molecule has 102 valence electrons. The summed E-state index contributed by atoms with van der Waals surface area (Å²) in [6.07, 6.45) is 4.51. The van der Waals surface area contributed by atoms with Gasteiger partial charge in [-0.1, -0.05) is 20.3 Å². The van der Waals surface area contributed by atoms with Crippen LogP contribution in [0.5, 0.6) is 0 Å². The molecule has 1 aliphatic carbocycles. The molecular weight excluding hydrogens is 307 g/mol. The molecule has 19 heavy (non-hydrogen) atoms. The molecule has 1 atom stereocenters. The summed E-state index contributed by atoms with van der Waals surface area (Å²) in [4.78, 5) is 0. The summed E-state index contributed by atoms with van der Waals surface area (Å²) in [6, 6.07) is 5.56. The molecule has 0 aliphatic heterocycles. The van der Waals surface area contributed by atoms with Crippen molar-refractivity contribution in [3.63, 3.8) is 0 Å². The molecule has 2 nitrogen and oxygen atoms in total. The van der Waals surface area contributed by atoms with Crippen molar-refractivity contribution in [2.75, 3.05) is 5.32 Å². The minimum absolute atomic E-state index is 0.245. The largest absolute Gasteiger partial charge is 0.380 e. The molecule has 1 aliphatic rings. The van der Waals surface area contributed by atoms with Crippen LogP contribution in [0.4, 0.5) is 10.1 Å². The van der Waals surface area contributed by atoms with Crippen molar-refractivity contribution in [2.24, 2.45) is 5.41 Å². The second-order valence-corrected chi connectivity index (χ2v) is 6.80. The Morgan fingerprint density at radius 3 is 2.84 bits per heavy atom. The Morgan fingerprint density at radius 2 is 2.21 bits per heavy atom. The zero-order valence-electron chi connectivity index (χ0n) is 11.3. The van der Waals surface area contributed by atoms with E-state index in [0.717, 1.165) is 12.8 Å². The van der Waals surface area contributed by atoms with E-state index in [4.69, 9.17) is 5.26 Å². The Hall–Kier alpha value is -1.08. The van der Waals surface area contributed by atoms with Gasteiger partial charge in [0.1, 0.15) is 6.07 Å². The number of benzene rings is 1. The van der Waals surface area contributed by atoms with Crippen LogP contribution < -0.4 is 5.32 Å². The lowest BCUT2D eigenvalue weighted by Gasteiger charge is -2.36. The number of rotatable bonds is 2. The van der Waals surface area contributed by atoms with Crippen molar-refractivity contribution < 1.29 is 4.39 Å². The maximum absolute atomic E-state index is 14.1. The average molecular weight is 325 g/mol. The molecule has 0 bridgehead atoms. The summed E-state index contributed by atoms with van der Waals surface area (Å²) in [7, 11) is 0. The van der Waals surface area contributed by atoms with Gasteiger partial charge in [-0.2, -0.15) is 5.26 Å². The lowest BCUT2D eigenvalue weighted by Crippen LogP contribution is -2.32. The second kappa shape index (κ2) is 5.50. The summed E-state index contributed by atoms with van der Waals surface area (Å²) in [6.45, 7) is 4.51. The van der Waals surface area contributed by atoms with Gasteiger partial charge in [0.25, 0.3) is 0 Å². The van der Waals surface area contributed by atoms with Crippen molar-refractivity contribution in [1.82, 2.24) is 0 Å². The molecule has 1 fully saturated rings. The topological polar surface area (TPSA) is 35.8 Å². The third-order valence-electron chi connectivity index (χ3n) is 3.77. The zero-order chi connectivity index (χ0) is 14.0. The van der Waals surface area contributed by atoms with Crippen molar-refractivity contribution in [3.8, 4) is 6.07 Å². The highest BCUT2D eigenvalue weighted by Gasteiger charge is 2.28. The minimum atomic E-state index is -0.373. The highest BCUT2D eigenvalue weighted by atomic mass is 79.9. The fourth-order valence-electron chi connectivity index (χ4n) is 2.79. The first-order chi connectivity index (χ1) is 8.93. The van der Waals surface area contributed by atoms with Crippen LogP contribution in [0.1, 0.15) is 45.1 Å². The smallest absolute Gasteiger partial charge is 0.161 e. The summed E-state index contributed by atoms with van der Waals surface area (Å²) < 4.78 is 14.4. The number of anilines is 1. The fraction of sp³-hybridized carbons (Fsp3) is 0.533. The van der Waals surface area contributed by atoms with Crippen molar-refractivity contribution in [3.05, 3.63) is 28.0 Å². The Kier molecular flexibility index (Phi) is 4.15. The molecule has 4 heteroatoms. The van der Waals surface area contributed by atoms with Gasteiger partial charge in [0.2, 0.25) is 0 Å². The van der Waals surface area contributed by atoms with Gasteiger partial charge < -0.3 is 5.32 Å². The Balaban J connectivity index is 2.16. The van der Waals surface area contributed by atoms with E-state index in [0.29, 0.717) is 22.7 Å². The van der Waals surface area contributed by atoms with Crippen LogP contribution in [0.3, 0.4) is 0 Å². The molecule has 0 radical (unpaired) electrons. The summed E-state index contributed by atoms with van der Waals surface area (Å²) >= 11 is 3.14. The molecule has 0 spiro atoms.